The smallest absolute Gasteiger partial charge is 0.260 e. The molecule has 0 atom stereocenters. The van der Waals surface area contributed by atoms with Gasteiger partial charge in [0.05, 0.1) is 16.9 Å². The van der Waals surface area contributed by atoms with E-state index in [-0.39, 0.29) is 11.8 Å². The maximum atomic E-state index is 13.0. The van der Waals surface area contributed by atoms with E-state index in [9.17, 15) is 4.79 Å². The lowest BCUT2D eigenvalue weighted by Crippen LogP contribution is -2.14. The number of amides is 1. The number of hydrogen-bond acceptors (Lipinski definition) is 7. The standard InChI is InChI=1S/C21H21N7O2/c1-12(2)19-24-21(30-25-19)16-7-5-6-13(3)18(16)23-20(29)15-8-9-17(14(4)10-15)28-11-22-26-27-28/h5-12H,1-4H3,(H,23,29). The van der Waals surface area contributed by atoms with Crippen LogP contribution in [0.1, 0.15) is 47.1 Å². The highest BCUT2D eigenvalue weighted by molar-refractivity contribution is 6.06. The zero-order chi connectivity index (χ0) is 21.3. The summed E-state index contributed by atoms with van der Waals surface area (Å²) in [5.41, 5.74) is 4.42. The van der Waals surface area contributed by atoms with Gasteiger partial charge in [0.1, 0.15) is 6.33 Å². The molecule has 0 fully saturated rings. The van der Waals surface area contributed by atoms with Crippen LogP contribution in [0.4, 0.5) is 5.69 Å². The van der Waals surface area contributed by atoms with Crippen LogP contribution in [0.2, 0.25) is 0 Å². The predicted molar refractivity (Wildman–Crippen MR) is 110 cm³/mol. The summed E-state index contributed by atoms with van der Waals surface area (Å²) in [4.78, 5) is 17.5. The minimum absolute atomic E-state index is 0.145. The largest absolute Gasteiger partial charge is 0.334 e. The van der Waals surface area contributed by atoms with Crippen molar-refractivity contribution in [2.75, 3.05) is 5.32 Å². The van der Waals surface area contributed by atoms with Crippen molar-refractivity contribution in [1.82, 2.24) is 30.3 Å². The van der Waals surface area contributed by atoms with E-state index in [2.05, 4.69) is 31.0 Å². The van der Waals surface area contributed by atoms with Crippen molar-refractivity contribution in [2.24, 2.45) is 0 Å². The van der Waals surface area contributed by atoms with Gasteiger partial charge < -0.3 is 9.84 Å². The van der Waals surface area contributed by atoms with E-state index < -0.39 is 0 Å². The molecule has 0 saturated carbocycles. The highest BCUT2D eigenvalue weighted by atomic mass is 16.5. The molecule has 0 aliphatic carbocycles. The number of aryl methyl sites for hydroxylation is 2. The highest BCUT2D eigenvalue weighted by Crippen LogP contribution is 2.31. The Hall–Kier alpha value is -3.88. The van der Waals surface area contributed by atoms with Gasteiger partial charge in [0, 0.05) is 11.5 Å². The minimum atomic E-state index is -0.236. The van der Waals surface area contributed by atoms with Crippen LogP contribution in [-0.4, -0.2) is 36.3 Å². The maximum absolute atomic E-state index is 13.0. The summed E-state index contributed by atoms with van der Waals surface area (Å²) in [5, 5.41) is 18.2. The van der Waals surface area contributed by atoms with Crippen LogP contribution >= 0.6 is 0 Å². The molecular weight excluding hydrogens is 382 g/mol. The first-order valence-electron chi connectivity index (χ1n) is 9.53. The zero-order valence-electron chi connectivity index (χ0n) is 17.1. The first kappa shape index (κ1) is 19.4. The molecule has 1 N–H and O–H groups in total. The van der Waals surface area contributed by atoms with Gasteiger partial charge in [0.2, 0.25) is 0 Å². The molecule has 0 spiro atoms. The molecule has 0 radical (unpaired) electrons. The van der Waals surface area contributed by atoms with E-state index in [1.165, 1.54) is 6.33 Å². The number of nitrogens with zero attached hydrogens (tertiary/aromatic N) is 6. The fraction of sp³-hybridized carbons (Fsp3) is 0.238. The first-order valence-corrected chi connectivity index (χ1v) is 9.53. The quantitative estimate of drug-likeness (QED) is 0.541. The third kappa shape index (κ3) is 3.69. The Balaban J connectivity index is 1.64. The number of benzene rings is 2. The van der Waals surface area contributed by atoms with E-state index in [4.69, 9.17) is 4.52 Å². The summed E-state index contributed by atoms with van der Waals surface area (Å²) in [5.74, 6) is 0.910. The van der Waals surface area contributed by atoms with Crippen molar-refractivity contribution in [3.63, 3.8) is 0 Å². The highest BCUT2D eigenvalue weighted by Gasteiger charge is 2.18. The molecule has 4 rings (SSSR count). The molecule has 0 unspecified atom stereocenters. The molecule has 152 valence electrons. The van der Waals surface area contributed by atoms with Crippen LogP contribution in [0.15, 0.2) is 47.2 Å². The molecule has 1 amide bonds. The second-order valence-corrected chi connectivity index (χ2v) is 7.32. The van der Waals surface area contributed by atoms with Crippen molar-refractivity contribution in [2.45, 2.75) is 33.6 Å². The second-order valence-electron chi connectivity index (χ2n) is 7.32. The van der Waals surface area contributed by atoms with Gasteiger partial charge in [-0.25, -0.2) is 4.68 Å². The van der Waals surface area contributed by atoms with E-state index in [1.54, 1.807) is 16.8 Å². The van der Waals surface area contributed by atoms with Crippen LogP contribution in [0.25, 0.3) is 17.1 Å². The second kappa shape index (κ2) is 7.86. The molecule has 0 bridgehead atoms. The van der Waals surface area contributed by atoms with E-state index in [0.29, 0.717) is 28.5 Å². The van der Waals surface area contributed by atoms with Crippen LogP contribution in [-0.2, 0) is 0 Å². The van der Waals surface area contributed by atoms with Crippen molar-refractivity contribution in [3.05, 3.63) is 65.2 Å². The predicted octanol–water partition coefficient (Wildman–Crippen LogP) is 3.70. The van der Waals surface area contributed by atoms with E-state index in [1.807, 2.05) is 52.0 Å². The Morgan fingerprint density at radius 2 is 1.97 bits per heavy atom. The molecule has 2 aromatic heterocycles. The van der Waals surface area contributed by atoms with Gasteiger partial charge in [0.15, 0.2) is 5.82 Å². The van der Waals surface area contributed by atoms with Crippen molar-refractivity contribution >= 4 is 11.6 Å². The molecule has 0 saturated heterocycles. The molecule has 9 heteroatoms. The fourth-order valence-electron chi connectivity index (χ4n) is 3.10. The number of anilines is 1. The number of carbonyl (C=O) groups is 1. The normalized spacial score (nSPS) is 11.1. The number of para-hydroxylation sites is 1. The Labute approximate surface area is 173 Å². The Morgan fingerprint density at radius 1 is 1.13 bits per heavy atom. The number of hydrogen-bond donors (Lipinski definition) is 1. The van der Waals surface area contributed by atoms with Gasteiger partial charge >= 0.3 is 0 Å². The third-order valence-electron chi connectivity index (χ3n) is 4.75. The van der Waals surface area contributed by atoms with E-state index >= 15 is 0 Å². The Kier molecular flexibility index (Phi) is 5.09. The lowest BCUT2D eigenvalue weighted by molar-refractivity contribution is 0.102. The van der Waals surface area contributed by atoms with Crippen LogP contribution in [0, 0.1) is 13.8 Å². The first-order chi connectivity index (χ1) is 14.4. The van der Waals surface area contributed by atoms with Gasteiger partial charge in [-0.05, 0) is 59.7 Å². The summed E-state index contributed by atoms with van der Waals surface area (Å²) < 4.78 is 6.99. The average Bonchev–Trinajstić information content (AvgIpc) is 3.41. The van der Waals surface area contributed by atoms with Gasteiger partial charge in [0.25, 0.3) is 11.8 Å². The summed E-state index contributed by atoms with van der Waals surface area (Å²) in [7, 11) is 0. The molecule has 0 aliphatic rings. The number of carbonyl (C=O) groups excluding carboxylic acids is 1. The molecule has 9 nitrogen and oxygen atoms in total. The molecule has 30 heavy (non-hydrogen) atoms. The molecular formula is C21H21N7O2. The number of tetrazole rings is 1. The molecule has 2 aromatic carbocycles. The van der Waals surface area contributed by atoms with Crippen molar-refractivity contribution < 1.29 is 9.32 Å². The zero-order valence-corrected chi connectivity index (χ0v) is 17.1. The Morgan fingerprint density at radius 3 is 2.63 bits per heavy atom. The number of nitrogens with one attached hydrogen (secondary N) is 1. The van der Waals surface area contributed by atoms with E-state index in [0.717, 1.165) is 16.8 Å². The topological polar surface area (TPSA) is 112 Å². The minimum Gasteiger partial charge on any atom is -0.334 e. The van der Waals surface area contributed by atoms with Crippen LogP contribution < -0.4 is 5.32 Å². The number of aromatic nitrogens is 6. The summed E-state index contributed by atoms with van der Waals surface area (Å²) in [6, 6.07) is 11.0. The average molecular weight is 403 g/mol. The SMILES string of the molecule is Cc1cc(C(=O)Nc2c(C)cccc2-c2nc(C(C)C)no2)ccc1-n1cnnn1. The lowest BCUT2D eigenvalue weighted by Gasteiger charge is -2.13. The fourth-order valence-corrected chi connectivity index (χ4v) is 3.10. The molecule has 2 heterocycles. The molecule has 4 aromatic rings. The van der Waals surface area contributed by atoms with Crippen LogP contribution in [0.3, 0.4) is 0 Å². The van der Waals surface area contributed by atoms with Gasteiger partial charge in [-0.1, -0.05) is 31.1 Å². The van der Waals surface area contributed by atoms with Gasteiger partial charge in [-0.15, -0.1) is 5.10 Å². The van der Waals surface area contributed by atoms with Crippen molar-refractivity contribution in [3.8, 4) is 17.1 Å². The lowest BCUT2D eigenvalue weighted by atomic mass is 10.1. The summed E-state index contributed by atoms with van der Waals surface area (Å²) in [6.45, 7) is 7.81. The monoisotopic (exact) mass is 403 g/mol. The third-order valence-corrected chi connectivity index (χ3v) is 4.75. The summed E-state index contributed by atoms with van der Waals surface area (Å²) >= 11 is 0. The van der Waals surface area contributed by atoms with Crippen molar-refractivity contribution in [1.29, 1.82) is 0 Å². The molecule has 0 aliphatic heterocycles. The van der Waals surface area contributed by atoms with Crippen LogP contribution in [0.5, 0.6) is 0 Å². The number of rotatable bonds is 5. The maximum Gasteiger partial charge on any atom is 0.260 e. The van der Waals surface area contributed by atoms with Gasteiger partial charge in [-0.3, -0.25) is 4.79 Å². The summed E-state index contributed by atoms with van der Waals surface area (Å²) in [6.07, 6.45) is 1.51. The van der Waals surface area contributed by atoms with Gasteiger partial charge in [-0.2, -0.15) is 4.98 Å². The Bertz CT molecular complexity index is 1200.